The van der Waals surface area contributed by atoms with Gasteiger partial charge in [-0.1, -0.05) is 0 Å². The van der Waals surface area contributed by atoms with E-state index in [1.807, 2.05) is 6.07 Å². The lowest BCUT2D eigenvalue weighted by molar-refractivity contribution is 0.416. The number of hydrogen-bond donors (Lipinski definition) is 1. The van der Waals surface area contributed by atoms with Crippen LogP contribution in [0.1, 0.15) is 0 Å². The molecule has 0 saturated carbocycles. The second-order valence-corrected chi connectivity index (χ2v) is 7.07. The Morgan fingerprint density at radius 2 is 2.08 bits per heavy atom. The van der Waals surface area contributed by atoms with Crippen LogP contribution >= 0.6 is 0 Å². The summed E-state index contributed by atoms with van der Waals surface area (Å²) in [6.45, 7) is 0. The van der Waals surface area contributed by atoms with Gasteiger partial charge in [0.15, 0.2) is 5.65 Å². The van der Waals surface area contributed by atoms with E-state index in [1.165, 1.54) is 25.6 Å². The molecule has 0 radical (unpaired) electrons. The molecule has 3 heterocycles. The Bertz CT molecular complexity index is 1150. The van der Waals surface area contributed by atoms with E-state index in [0.717, 1.165) is 15.0 Å². The maximum Gasteiger partial charge on any atom is 0.282 e. The Hall–Kier alpha value is -3.20. The first-order valence-electron chi connectivity index (χ1n) is 7.32. The fraction of sp³-hybridized carbons (Fsp3) is 0.0625. The van der Waals surface area contributed by atoms with Crippen molar-refractivity contribution in [1.29, 1.82) is 0 Å². The number of nitrogens with one attached hydrogen (secondary N) is 1. The molecule has 0 aliphatic heterocycles. The van der Waals surface area contributed by atoms with Gasteiger partial charge >= 0.3 is 0 Å². The van der Waals surface area contributed by atoms with Gasteiger partial charge < -0.3 is 4.74 Å². The number of aromatic nitrogens is 5. The van der Waals surface area contributed by atoms with Crippen molar-refractivity contribution in [2.24, 2.45) is 0 Å². The topological polar surface area (TPSA) is 103 Å². The average Bonchev–Trinajstić information content (AvgIpc) is 3.32. The van der Waals surface area contributed by atoms with Gasteiger partial charge in [-0.05, 0) is 30.3 Å². The van der Waals surface area contributed by atoms with Crippen molar-refractivity contribution >= 4 is 21.1 Å². The van der Waals surface area contributed by atoms with Crippen LogP contribution in [0.4, 0.5) is 0 Å². The van der Waals surface area contributed by atoms with Gasteiger partial charge in [-0.25, -0.2) is 4.98 Å². The largest absolute Gasteiger partial charge is 0.496 e. The Balaban J connectivity index is 1.89. The predicted octanol–water partition coefficient (Wildman–Crippen LogP) is 2.07. The van der Waals surface area contributed by atoms with Gasteiger partial charge in [0.05, 0.1) is 24.4 Å². The number of methoxy groups -OCH3 is 1. The van der Waals surface area contributed by atoms with Gasteiger partial charge in [0.2, 0.25) is 0 Å². The highest BCUT2D eigenvalue weighted by atomic mass is 32.2. The summed E-state index contributed by atoms with van der Waals surface area (Å²) >= 11 is 0. The van der Waals surface area contributed by atoms with E-state index < -0.39 is 10.0 Å². The molecule has 0 aliphatic rings. The molecular formula is C16H13N5O3S. The Kier molecular flexibility index (Phi) is 3.50. The average molecular weight is 355 g/mol. The predicted molar refractivity (Wildman–Crippen MR) is 90.7 cm³/mol. The molecule has 25 heavy (non-hydrogen) atoms. The van der Waals surface area contributed by atoms with Crippen LogP contribution in [-0.4, -0.2) is 39.9 Å². The summed E-state index contributed by atoms with van der Waals surface area (Å²) in [5.74, 6) is 0.545. The maximum atomic E-state index is 12.7. The number of fused-ring (bicyclic) bond motifs is 1. The van der Waals surface area contributed by atoms with Crippen LogP contribution in [0.2, 0.25) is 0 Å². The zero-order valence-corrected chi connectivity index (χ0v) is 13.9. The summed E-state index contributed by atoms with van der Waals surface area (Å²) in [6.07, 6.45) is 6.10. The van der Waals surface area contributed by atoms with Crippen LogP contribution in [0.25, 0.3) is 22.2 Å². The SMILES string of the molecule is COc1ccc(S(=O)(=O)n2cccn2)cc1-c1cnc2[nH]ncc2c1. The minimum absolute atomic E-state index is 0.110. The first-order chi connectivity index (χ1) is 12.1. The first kappa shape index (κ1) is 15.3. The van der Waals surface area contributed by atoms with Crippen molar-refractivity contribution in [3.05, 3.63) is 55.1 Å². The summed E-state index contributed by atoms with van der Waals surface area (Å²) < 4.78 is 31.7. The second kappa shape index (κ2) is 5.71. The van der Waals surface area contributed by atoms with Crippen LogP contribution in [0.15, 0.2) is 60.0 Å². The molecule has 0 amide bonds. The molecule has 8 nitrogen and oxygen atoms in total. The highest BCUT2D eigenvalue weighted by molar-refractivity contribution is 7.89. The number of rotatable bonds is 4. The minimum atomic E-state index is -3.77. The molecule has 9 heteroatoms. The fourth-order valence-electron chi connectivity index (χ4n) is 2.56. The molecule has 0 unspecified atom stereocenters. The Morgan fingerprint density at radius 3 is 2.84 bits per heavy atom. The van der Waals surface area contributed by atoms with Gasteiger partial charge in [0, 0.05) is 28.9 Å². The van der Waals surface area contributed by atoms with Crippen molar-refractivity contribution in [3.63, 3.8) is 0 Å². The zero-order valence-electron chi connectivity index (χ0n) is 13.1. The third-order valence-electron chi connectivity index (χ3n) is 3.80. The summed E-state index contributed by atoms with van der Waals surface area (Å²) in [5, 5.41) is 11.4. The summed E-state index contributed by atoms with van der Waals surface area (Å²) in [5.41, 5.74) is 2.00. The first-order valence-corrected chi connectivity index (χ1v) is 8.76. The maximum absolute atomic E-state index is 12.7. The molecule has 4 rings (SSSR count). The zero-order chi connectivity index (χ0) is 17.4. The quantitative estimate of drug-likeness (QED) is 0.601. The van der Waals surface area contributed by atoms with Crippen molar-refractivity contribution in [2.45, 2.75) is 4.90 Å². The number of nitrogens with zero attached hydrogens (tertiary/aromatic N) is 4. The van der Waals surface area contributed by atoms with Gasteiger partial charge in [-0.2, -0.15) is 22.7 Å². The molecule has 3 aromatic heterocycles. The number of ether oxygens (including phenoxy) is 1. The Labute approximate surface area is 143 Å². The normalized spacial score (nSPS) is 11.7. The molecule has 4 aromatic rings. The standard InChI is InChI=1S/C16H13N5O3S/c1-24-15-4-3-13(25(22,23)21-6-2-5-19-21)8-14(15)11-7-12-10-18-20-16(12)17-9-11/h2-10H,1H3,(H,17,18,20). The fourth-order valence-corrected chi connectivity index (χ4v) is 3.69. The highest BCUT2D eigenvalue weighted by Crippen LogP contribution is 2.33. The van der Waals surface area contributed by atoms with Gasteiger partial charge in [0.1, 0.15) is 5.75 Å². The number of benzene rings is 1. The molecule has 0 fully saturated rings. The van der Waals surface area contributed by atoms with Crippen LogP contribution in [0, 0.1) is 0 Å². The number of pyridine rings is 1. The lowest BCUT2D eigenvalue weighted by atomic mass is 10.1. The van der Waals surface area contributed by atoms with E-state index in [0.29, 0.717) is 17.0 Å². The third kappa shape index (κ3) is 2.54. The highest BCUT2D eigenvalue weighted by Gasteiger charge is 2.20. The third-order valence-corrected chi connectivity index (χ3v) is 5.36. The number of hydrogen-bond acceptors (Lipinski definition) is 6. The summed E-state index contributed by atoms with van der Waals surface area (Å²) in [4.78, 5) is 4.40. The van der Waals surface area contributed by atoms with E-state index in [9.17, 15) is 8.42 Å². The van der Waals surface area contributed by atoms with E-state index in [1.54, 1.807) is 30.6 Å². The molecule has 0 aliphatic carbocycles. The molecule has 1 N–H and O–H groups in total. The Morgan fingerprint density at radius 1 is 1.20 bits per heavy atom. The van der Waals surface area contributed by atoms with E-state index in [2.05, 4.69) is 20.3 Å². The van der Waals surface area contributed by atoms with Gasteiger partial charge in [0.25, 0.3) is 10.0 Å². The number of aromatic amines is 1. The van der Waals surface area contributed by atoms with Crippen LogP contribution in [-0.2, 0) is 10.0 Å². The second-order valence-electron chi connectivity index (χ2n) is 5.28. The minimum Gasteiger partial charge on any atom is -0.496 e. The molecule has 0 saturated heterocycles. The molecule has 126 valence electrons. The van der Waals surface area contributed by atoms with E-state index in [4.69, 9.17) is 4.74 Å². The lowest BCUT2D eigenvalue weighted by Gasteiger charge is -2.11. The van der Waals surface area contributed by atoms with Crippen LogP contribution in [0.3, 0.4) is 0 Å². The summed E-state index contributed by atoms with van der Waals surface area (Å²) in [7, 11) is -2.24. The van der Waals surface area contributed by atoms with Crippen molar-refractivity contribution < 1.29 is 13.2 Å². The van der Waals surface area contributed by atoms with Crippen molar-refractivity contribution in [2.75, 3.05) is 7.11 Å². The molecule has 0 spiro atoms. The van der Waals surface area contributed by atoms with Gasteiger partial charge in [-0.15, -0.1) is 0 Å². The van der Waals surface area contributed by atoms with Crippen molar-refractivity contribution in [1.82, 2.24) is 24.4 Å². The molecular weight excluding hydrogens is 342 g/mol. The lowest BCUT2D eigenvalue weighted by Crippen LogP contribution is -2.13. The van der Waals surface area contributed by atoms with Gasteiger partial charge in [-0.3, -0.25) is 5.10 Å². The summed E-state index contributed by atoms with van der Waals surface area (Å²) in [6, 6.07) is 8.08. The van der Waals surface area contributed by atoms with E-state index >= 15 is 0 Å². The number of H-pyrrole nitrogens is 1. The van der Waals surface area contributed by atoms with Crippen molar-refractivity contribution in [3.8, 4) is 16.9 Å². The molecule has 1 aromatic carbocycles. The smallest absolute Gasteiger partial charge is 0.282 e. The monoisotopic (exact) mass is 355 g/mol. The van der Waals surface area contributed by atoms with Crippen LogP contribution < -0.4 is 4.74 Å². The van der Waals surface area contributed by atoms with E-state index in [-0.39, 0.29) is 4.90 Å². The molecule has 0 bridgehead atoms. The molecule has 0 atom stereocenters. The van der Waals surface area contributed by atoms with Crippen LogP contribution in [0.5, 0.6) is 5.75 Å².